The van der Waals surface area contributed by atoms with E-state index in [0.29, 0.717) is 12.2 Å². The summed E-state index contributed by atoms with van der Waals surface area (Å²) in [6.45, 7) is 3.60. The van der Waals surface area contributed by atoms with Gasteiger partial charge in [-0.3, -0.25) is 0 Å². The summed E-state index contributed by atoms with van der Waals surface area (Å²) in [4.78, 5) is 12.7. The highest BCUT2D eigenvalue weighted by Gasteiger charge is 2.30. The van der Waals surface area contributed by atoms with Crippen molar-refractivity contribution in [3.8, 4) is 0 Å². The monoisotopic (exact) mass is 247 g/mol. The van der Waals surface area contributed by atoms with Crippen LogP contribution in [-0.4, -0.2) is 13.0 Å². The molecule has 0 amide bonds. The summed E-state index contributed by atoms with van der Waals surface area (Å²) >= 11 is 0. The first kappa shape index (κ1) is 13.5. The summed E-state index contributed by atoms with van der Waals surface area (Å²) in [5.41, 5.74) is -0.0959. The van der Waals surface area contributed by atoms with Crippen molar-refractivity contribution in [3.05, 3.63) is 29.3 Å². The second-order valence-corrected chi connectivity index (χ2v) is 3.29. The molecule has 0 aromatic heterocycles. The fraction of sp³-hybridized carbons (Fsp3) is 0.364. The van der Waals surface area contributed by atoms with Gasteiger partial charge in [0.25, 0.3) is 0 Å². The number of rotatable bonds is 4. The second-order valence-electron chi connectivity index (χ2n) is 3.29. The molecule has 0 N–H and O–H groups in total. The van der Waals surface area contributed by atoms with Crippen LogP contribution in [0.25, 0.3) is 0 Å². The van der Waals surface area contributed by atoms with Gasteiger partial charge in [-0.2, -0.15) is 18.1 Å². The Balaban J connectivity index is 2.87. The van der Waals surface area contributed by atoms with Crippen LogP contribution in [0.2, 0.25) is 0 Å². The van der Waals surface area contributed by atoms with Gasteiger partial charge in [0.05, 0.1) is 17.9 Å². The molecule has 17 heavy (non-hydrogen) atoms. The number of aryl methyl sites for hydroxylation is 1. The molecular weight excluding hydrogens is 235 g/mol. The number of alkyl halides is 3. The van der Waals surface area contributed by atoms with E-state index >= 15 is 0 Å². The highest BCUT2D eigenvalue weighted by Crippen LogP contribution is 2.32. The number of halogens is 3. The van der Waals surface area contributed by atoms with Crippen molar-refractivity contribution in [1.82, 2.24) is 0 Å². The van der Waals surface area contributed by atoms with Gasteiger partial charge in [0.15, 0.2) is 0 Å². The first-order valence-corrected chi connectivity index (χ1v) is 4.93. The zero-order chi connectivity index (χ0) is 12.9. The maximum Gasteiger partial charge on any atom is 0.416 e. The Kier molecular flexibility index (Phi) is 4.51. The van der Waals surface area contributed by atoms with E-state index in [1.807, 2.05) is 0 Å². The lowest BCUT2D eigenvalue weighted by Crippen LogP contribution is -2.04. The average molecular weight is 247 g/mol. The van der Waals surface area contributed by atoms with Gasteiger partial charge in [0, 0.05) is 0 Å². The van der Waals surface area contributed by atoms with Crippen molar-refractivity contribution in [1.29, 1.82) is 0 Å². The van der Waals surface area contributed by atoms with Crippen LogP contribution in [0, 0.1) is 6.92 Å². The molecule has 0 radical (unpaired) electrons. The molecule has 6 heteroatoms. The smallest absolute Gasteiger partial charge is 0.325 e. The van der Waals surface area contributed by atoms with Crippen LogP contribution in [-0.2, 0) is 16.0 Å². The number of hydrogen-bond acceptors (Lipinski definition) is 3. The molecule has 0 unspecified atom stereocenters. The molecule has 0 saturated heterocycles. The molecule has 0 aliphatic heterocycles. The summed E-state index contributed by atoms with van der Waals surface area (Å²) in [5.74, 6) is 0. The van der Waals surface area contributed by atoms with Crippen molar-refractivity contribution >= 4 is 12.1 Å². The maximum atomic E-state index is 12.5. The Bertz CT molecular complexity index is 402. The van der Waals surface area contributed by atoms with Crippen molar-refractivity contribution in [3.63, 3.8) is 0 Å². The summed E-state index contributed by atoms with van der Waals surface area (Å²) in [6, 6.07) is 3.52. The molecule has 0 fully saturated rings. The Labute approximate surface area is 96.8 Å². The summed E-state index contributed by atoms with van der Waals surface area (Å²) in [5, 5.41) is 0. The summed E-state index contributed by atoms with van der Waals surface area (Å²) < 4.78 is 37.4. The number of hydrogen-bond donors (Lipinski definition) is 0. The minimum atomic E-state index is -4.38. The van der Waals surface area contributed by atoms with E-state index in [2.05, 4.69) is 14.8 Å². The van der Waals surface area contributed by atoms with Crippen molar-refractivity contribution in [2.75, 3.05) is 6.61 Å². The van der Waals surface area contributed by atoms with Gasteiger partial charge in [-0.15, -0.1) is 0 Å². The van der Waals surface area contributed by atoms with E-state index < -0.39 is 11.7 Å². The van der Waals surface area contributed by atoms with E-state index in [4.69, 9.17) is 0 Å². The number of nitrogens with zero attached hydrogens (tertiary/aromatic N) is 1. The number of benzene rings is 1. The van der Waals surface area contributed by atoms with Gasteiger partial charge in [-0.1, -0.05) is 0 Å². The highest BCUT2D eigenvalue weighted by atomic mass is 19.4. The topological polar surface area (TPSA) is 30.8 Å². The third-order valence-electron chi connectivity index (χ3n) is 1.82. The van der Waals surface area contributed by atoms with Crippen molar-refractivity contribution in [2.45, 2.75) is 20.0 Å². The maximum absolute atomic E-state index is 12.5. The first-order chi connectivity index (χ1) is 7.93. The Morgan fingerprint density at radius 1 is 1.29 bits per heavy atom. The van der Waals surface area contributed by atoms with Crippen LogP contribution >= 0.6 is 0 Å². The predicted octanol–water partition coefficient (Wildman–Crippen LogP) is 3.64. The average Bonchev–Trinajstić information content (AvgIpc) is 2.22. The van der Waals surface area contributed by atoms with E-state index in [1.54, 1.807) is 13.8 Å². The lowest BCUT2D eigenvalue weighted by Gasteiger charge is -2.08. The van der Waals surface area contributed by atoms with Crippen molar-refractivity contribution < 1.29 is 22.9 Å². The highest BCUT2D eigenvalue weighted by molar-refractivity contribution is 5.56. The van der Waals surface area contributed by atoms with E-state index in [0.717, 1.165) is 18.5 Å². The van der Waals surface area contributed by atoms with Crippen molar-refractivity contribution in [2.24, 2.45) is 4.99 Å². The van der Waals surface area contributed by atoms with Gasteiger partial charge >= 0.3 is 6.18 Å². The minimum Gasteiger partial charge on any atom is -0.325 e. The summed E-state index contributed by atoms with van der Waals surface area (Å²) in [6.07, 6.45) is -3.42. The SMILES string of the molecule is CCOO/C=N/c1cc(C)cc(C(F)(F)F)c1. The third kappa shape index (κ3) is 4.44. The molecule has 0 atom stereocenters. The lowest BCUT2D eigenvalue weighted by molar-refractivity contribution is -0.211. The lowest BCUT2D eigenvalue weighted by atomic mass is 10.1. The van der Waals surface area contributed by atoms with E-state index in [1.165, 1.54) is 6.07 Å². The van der Waals surface area contributed by atoms with E-state index in [-0.39, 0.29) is 5.69 Å². The molecule has 1 aromatic rings. The molecule has 94 valence electrons. The molecule has 0 heterocycles. The fourth-order valence-electron chi connectivity index (χ4n) is 1.18. The van der Waals surface area contributed by atoms with Crippen LogP contribution in [0.5, 0.6) is 0 Å². The van der Waals surface area contributed by atoms with Crippen LogP contribution in [0.4, 0.5) is 18.9 Å². The fourth-order valence-corrected chi connectivity index (χ4v) is 1.18. The minimum absolute atomic E-state index is 0.164. The van der Waals surface area contributed by atoms with Gasteiger partial charge in [-0.05, 0) is 37.6 Å². The second kappa shape index (κ2) is 5.67. The van der Waals surface area contributed by atoms with Crippen LogP contribution < -0.4 is 0 Å². The Morgan fingerprint density at radius 2 is 2.00 bits per heavy atom. The quantitative estimate of drug-likeness (QED) is 0.267. The molecule has 1 rings (SSSR count). The largest absolute Gasteiger partial charge is 0.416 e. The molecular formula is C11H12F3NO2. The Morgan fingerprint density at radius 3 is 2.59 bits per heavy atom. The van der Waals surface area contributed by atoms with Crippen LogP contribution in [0.3, 0.4) is 0 Å². The van der Waals surface area contributed by atoms with Gasteiger partial charge in [0.2, 0.25) is 6.40 Å². The first-order valence-electron chi connectivity index (χ1n) is 4.93. The molecule has 3 nitrogen and oxygen atoms in total. The zero-order valence-electron chi connectivity index (χ0n) is 9.41. The zero-order valence-corrected chi connectivity index (χ0v) is 9.41. The standard InChI is InChI=1S/C11H12F3NO2/c1-3-16-17-7-15-10-5-8(2)4-9(6-10)11(12,13)14/h4-7H,3H2,1-2H3/b15-7+. The van der Waals surface area contributed by atoms with Gasteiger partial charge in [-0.25, -0.2) is 4.99 Å². The van der Waals surface area contributed by atoms with E-state index in [9.17, 15) is 13.2 Å². The van der Waals surface area contributed by atoms with Gasteiger partial charge in [0.1, 0.15) is 0 Å². The molecule has 0 saturated carbocycles. The normalized spacial score (nSPS) is 12.1. The third-order valence-corrected chi connectivity index (χ3v) is 1.82. The predicted molar refractivity (Wildman–Crippen MR) is 57.0 cm³/mol. The molecule has 0 aliphatic carbocycles. The number of aliphatic imine (C=N–C) groups is 1. The van der Waals surface area contributed by atoms with Gasteiger partial charge < -0.3 is 4.89 Å². The molecule has 0 spiro atoms. The van der Waals surface area contributed by atoms with Crippen LogP contribution in [0.1, 0.15) is 18.1 Å². The molecule has 0 bridgehead atoms. The Hall–Kier alpha value is -1.56. The van der Waals surface area contributed by atoms with Crippen LogP contribution in [0.15, 0.2) is 23.2 Å². The summed E-state index contributed by atoms with van der Waals surface area (Å²) in [7, 11) is 0. The molecule has 1 aromatic carbocycles. The molecule has 0 aliphatic rings.